The van der Waals surface area contributed by atoms with Gasteiger partial charge in [0.15, 0.2) is 11.5 Å². The largest absolute Gasteiger partial charge is 0.493 e. The van der Waals surface area contributed by atoms with Crippen molar-refractivity contribution >= 4 is 6.21 Å². The predicted molar refractivity (Wildman–Crippen MR) is 51.4 cm³/mol. The van der Waals surface area contributed by atoms with Crippen LogP contribution in [0.4, 0.5) is 8.78 Å². The first kappa shape index (κ1) is 11.2. The maximum absolute atomic E-state index is 12.1. The average molecular weight is 216 g/mol. The summed E-state index contributed by atoms with van der Waals surface area (Å²) in [5.74, 6) is 5.06. The van der Waals surface area contributed by atoms with Gasteiger partial charge in [0.2, 0.25) is 0 Å². The first-order valence-corrected chi connectivity index (χ1v) is 4.04. The molecule has 6 heteroatoms. The van der Waals surface area contributed by atoms with Gasteiger partial charge in [-0.2, -0.15) is 13.9 Å². The van der Waals surface area contributed by atoms with Gasteiger partial charge in [-0.15, -0.1) is 0 Å². The maximum Gasteiger partial charge on any atom is 0.387 e. The molecule has 0 aliphatic rings. The van der Waals surface area contributed by atoms with Crippen LogP contribution in [-0.4, -0.2) is 19.9 Å². The summed E-state index contributed by atoms with van der Waals surface area (Å²) in [4.78, 5) is 0. The highest BCUT2D eigenvalue weighted by Crippen LogP contribution is 2.31. The Kier molecular flexibility index (Phi) is 3.84. The van der Waals surface area contributed by atoms with Crippen molar-refractivity contribution in [1.82, 2.24) is 0 Å². The Morgan fingerprint density at radius 2 is 2.20 bits per heavy atom. The Labute approximate surface area is 85.3 Å². The molecule has 0 amide bonds. The van der Waals surface area contributed by atoms with Crippen molar-refractivity contribution in [3.05, 3.63) is 23.8 Å². The molecule has 0 bridgehead atoms. The van der Waals surface area contributed by atoms with Crippen molar-refractivity contribution < 1.29 is 18.3 Å². The number of benzene rings is 1. The lowest BCUT2D eigenvalue weighted by Crippen LogP contribution is -2.06. The summed E-state index contributed by atoms with van der Waals surface area (Å²) in [6.07, 6.45) is 1.21. The van der Waals surface area contributed by atoms with Crippen LogP contribution in [0.15, 0.2) is 23.3 Å². The van der Waals surface area contributed by atoms with Gasteiger partial charge >= 0.3 is 6.61 Å². The number of nitrogens with zero attached hydrogens (tertiary/aromatic N) is 1. The maximum atomic E-state index is 12.1. The molecule has 1 aromatic rings. The van der Waals surface area contributed by atoms with Crippen LogP contribution in [0.25, 0.3) is 0 Å². The molecule has 0 unspecified atom stereocenters. The summed E-state index contributed by atoms with van der Waals surface area (Å²) in [6.45, 7) is -2.92. The third-order valence-corrected chi connectivity index (χ3v) is 1.65. The van der Waals surface area contributed by atoms with E-state index in [4.69, 9.17) is 10.6 Å². The van der Waals surface area contributed by atoms with Gasteiger partial charge in [0.25, 0.3) is 0 Å². The zero-order chi connectivity index (χ0) is 11.3. The molecule has 0 aliphatic heterocycles. The normalized spacial score (nSPS) is 10.9. The van der Waals surface area contributed by atoms with Gasteiger partial charge in [-0.3, -0.25) is 0 Å². The average Bonchev–Trinajstić information content (AvgIpc) is 2.20. The molecule has 0 saturated heterocycles. The van der Waals surface area contributed by atoms with E-state index in [1.807, 2.05) is 0 Å². The molecule has 4 nitrogen and oxygen atoms in total. The van der Waals surface area contributed by atoms with Gasteiger partial charge in [-0.1, -0.05) is 6.07 Å². The van der Waals surface area contributed by atoms with E-state index in [9.17, 15) is 8.78 Å². The van der Waals surface area contributed by atoms with Crippen molar-refractivity contribution in [1.29, 1.82) is 0 Å². The van der Waals surface area contributed by atoms with Crippen molar-refractivity contribution in [2.24, 2.45) is 10.9 Å². The Balaban J connectivity index is 3.14. The number of hydrogen-bond donors (Lipinski definition) is 1. The van der Waals surface area contributed by atoms with Crippen LogP contribution in [0.2, 0.25) is 0 Å². The Bertz CT molecular complexity index is 356. The molecule has 1 rings (SSSR count). The molecule has 1 aromatic carbocycles. The summed E-state index contributed by atoms with van der Waals surface area (Å²) in [7, 11) is 1.36. The summed E-state index contributed by atoms with van der Waals surface area (Å²) in [5.41, 5.74) is 0.331. The molecule has 0 spiro atoms. The van der Waals surface area contributed by atoms with Crippen LogP contribution >= 0.6 is 0 Å². The Morgan fingerprint density at radius 1 is 1.47 bits per heavy atom. The number of halogens is 2. The predicted octanol–water partition coefficient (Wildman–Crippen LogP) is 1.59. The summed E-state index contributed by atoms with van der Waals surface area (Å²) >= 11 is 0. The Morgan fingerprint density at radius 3 is 2.73 bits per heavy atom. The molecule has 82 valence electrons. The number of para-hydroxylation sites is 1. The van der Waals surface area contributed by atoms with Crippen LogP contribution in [0, 0.1) is 0 Å². The zero-order valence-electron chi connectivity index (χ0n) is 7.98. The highest BCUT2D eigenvalue weighted by atomic mass is 19.3. The minimum Gasteiger partial charge on any atom is -0.493 e. The number of hydrazone groups is 1. The van der Waals surface area contributed by atoms with Crippen LogP contribution in [-0.2, 0) is 0 Å². The second-order valence-electron chi connectivity index (χ2n) is 2.54. The molecule has 0 saturated carbocycles. The smallest absolute Gasteiger partial charge is 0.387 e. The van der Waals surface area contributed by atoms with E-state index in [1.54, 1.807) is 6.07 Å². The first-order chi connectivity index (χ1) is 7.19. The van der Waals surface area contributed by atoms with E-state index in [0.717, 1.165) is 0 Å². The number of rotatable bonds is 4. The van der Waals surface area contributed by atoms with E-state index in [2.05, 4.69) is 9.84 Å². The van der Waals surface area contributed by atoms with Gasteiger partial charge in [-0.05, 0) is 12.1 Å². The van der Waals surface area contributed by atoms with Crippen LogP contribution in [0.3, 0.4) is 0 Å². The van der Waals surface area contributed by atoms with Crippen molar-refractivity contribution in [3.8, 4) is 11.5 Å². The fourth-order valence-electron chi connectivity index (χ4n) is 1.09. The standard InChI is InChI=1S/C9H10F2N2O2/c1-14-7-4-2-3-6(5-13-12)8(7)15-9(10)11/h2-5,9H,12H2,1H3/b13-5-. The van der Waals surface area contributed by atoms with Crippen LogP contribution < -0.4 is 15.3 Å². The second-order valence-corrected chi connectivity index (χ2v) is 2.54. The monoisotopic (exact) mass is 216 g/mol. The molecule has 15 heavy (non-hydrogen) atoms. The quantitative estimate of drug-likeness (QED) is 0.472. The fraction of sp³-hybridized carbons (Fsp3) is 0.222. The van der Waals surface area contributed by atoms with Gasteiger partial charge in [-0.25, -0.2) is 0 Å². The second kappa shape index (κ2) is 5.14. The molecule has 0 radical (unpaired) electrons. The minimum absolute atomic E-state index is 0.0794. The molecule has 0 aromatic heterocycles. The lowest BCUT2D eigenvalue weighted by Gasteiger charge is -2.11. The molecular formula is C9H10F2N2O2. The van der Waals surface area contributed by atoms with Crippen molar-refractivity contribution in [2.75, 3.05) is 7.11 Å². The topological polar surface area (TPSA) is 56.8 Å². The van der Waals surface area contributed by atoms with Crippen LogP contribution in [0.5, 0.6) is 11.5 Å². The van der Waals surface area contributed by atoms with E-state index in [0.29, 0.717) is 5.56 Å². The van der Waals surface area contributed by atoms with E-state index < -0.39 is 6.61 Å². The highest BCUT2D eigenvalue weighted by Gasteiger charge is 2.13. The van der Waals surface area contributed by atoms with Gasteiger partial charge in [0.05, 0.1) is 13.3 Å². The lowest BCUT2D eigenvalue weighted by molar-refractivity contribution is -0.0513. The number of hydrogen-bond acceptors (Lipinski definition) is 4. The number of ether oxygens (including phenoxy) is 2. The van der Waals surface area contributed by atoms with Crippen molar-refractivity contribution in [3.63, 3.8) is 0 Å². The van der Waals surface area contributed by atoms with Crippen molar-refractivity contribution in [2.45, 2.75) is 6.61 Å². The summed E-state index contributed by atoms with van der Waals surface area (Å²) in [5, 5.41) is 3.24. The third-order valence-electron chi connectivity index (χ3n) is 1.65. The molecule has 0 aliphatic carbocycles. The van der Waals surface area contributed by atoms with E-state index in [-0.39, 0.29) is 11.5 Å². The summed E-state index contributed by atoms with van der Waals surface area (Å²) < 4.78 is 33.4. The molecule has 2 N–H and O–H groups in total. The van der Waals surface area contributed by atoms with Gasteiger partial charge in [0, 0.05) is 5.56 Å². The zero-order valence-corrected chi connectivity index (χ0v) is 7.98. The van der Waals surface area contributed by atoms with Gasteiger partial charge < -0.3 is 15.3 Å². The molecule has 0 atom stereocenters. The number of methoxy groups -OCH3 is 1. The lowest BCUT2D eigenvalue weighted by atomic mass is 10.2. The number of alkyl halides is 2. The van der Waals surface area contributed by atoms with E-state index >= 15 is 0 Å². The SMILES string of the molecule is COc1cccc(/C=N\N)c1OC(F)F. The third kappa shape index (κ3) is 2.80. The number of nitrogens with two attached hydrogens (primary N) is 1. The minimum atomic E-state index is -2.92. The Hall–Kier alpha value is -1.85. The van der Waals surface area contributed by atoms with E-state index in [1.165, 1.54) is 25.5 Å². The molecular weight excluding hydrogens is 206 g/mol. The van der Waals surface area contributed by atoms with Gasteiger partial charge in [0.1, 0.15) is 0 Å². The highest BCUT2D eigenvalue weighted by molar-refractivity contribution is 5.84. The summed E-state index contributed by atoms with van der Waals surface area (Å²) in [6, 6.07) is 4.66. The fourth-order valence-corrected chi connectivity index (χ4v) is 1.09. The molecule has 0 fully saturated rings. The van der Waals surface area contributed by atoms with Crippen LogP contribution in [0.1, 0.15) is 5.56 Å². The first-order valence-electron chi connectivity index (χ1n) is 4.04. The molecule has 0 heterocycles.